The largest absolute Gasteiger partial charge is 0.466 e. The first-order chi connectivity index (χ1) is 16.8. The normalized spacial score (nSPS) is 15.4. The number of carbonyl (C=O) groups is 3. The second kappa shape index (κ2) is 10.6. The number of allylic oxidation sites excluding steroid dienone is 1. The van der Waals surface area contributed by atoms with Gasteiger partial charge < -0.3 is 20.5 Å². The molecule has 0 spiro atoms. The molecule has 2 aromatic rings. The molecule has 1 aliphatic rings. The van der Waals surface area contributed by atoms with Crippen LogP contribution >= 0.6 is 0 Å². The number of aryl methyl sites for hydroxylation is 1. The fourth-order valence-corrected chi connectivity index (χ4v) is 3.93. The monoisotopic (exact) mass is 474 g/mol. The smallest absolute Gasteiger partial charge is 0.355 e. The summed E-state index contributed by atoms with van der Waals surface area (Å²) in [6.07, 6.45) is 0.214. The van der Waals surface area contributed by atoms with Gasteiger partial charge in [-0.2, -0.15) is 5.26 Å². The predicted octanol–water partition coefficient (Wildman–Crippen LogP) is 3.24. The lowest BCUT2D eigenvalue weighted by Gasteiger charge is -2.36. The molecule has 0 saturated carbocycles. The van der Waals surface area contributed by atoms with Gasteiger partial charge in [-0.1, -0.05) is 43.3 Å². The summed E-state index contributed by atoms with van der Waals surface area (Å²) in [7, 11) is 2.36. The molecule has 1 amide bonds. The highest BCUT2D eigenvalue weighted by molar-refractivity contribution is 6.07. The third kappa shape index (κ3) is 4.73. The van der Waals surface area contributed by atoms with E-state index in [1.807, 2.05) is 6.92 Å². The third-order valence-electron chi connectivity index (χ3n) is 5.60. The predicted molar refractivity (Wildman–Crippen MR) is 130 cm³/mol. The number of benzene rings is 2. The SMILES string of the molecule is CCC(=O)Nc1ccc(C)cc1N1C(N)=C(C#N)C(c2ccccc2)C(C(=O)OC)=C1C(=O)OC. The van der Waals surface area contributed by atoms with Crippen molar-refractivity contribution in [3.8, 4) is 6.07 Å². The number of carbonyl (C=O) groups excluding carboxylic acids is 3. The van der Waals surface area contributed by atoms with E-state index in [0.29, 0.717) is 16.9 Å². The Balaban J connectivity index is 2.44. The summed E-state index contributed by atoms with van der Waals surface area (Å²) in [4.78, 5) is 39.8. The maximum Gasteiger partial charge on any atom is 0.355 e. The molecular formula is C26H26N4O5. The number of nitrogens with two attached hydrogens (primary N) is 1. The molecule has 0 bridgehead atoms. The van der Waals surface area contributed by atoms with Crippen molar-refractivity contribution in [2.24, 2.45) is 5.73 Å². The van der Waals surface area contributed by atoms with Gasteiger partial charge in [-0.05, 0) is 30.2 Å². The number of nitrogens with zero attached hydrogens (tertiary/aromatic N) is 2. The van der Waals surface area contributed by atoms with Crippen molar-refractivity contribution in [3.05, 3.63) is 82.3 Å². The molecule has 9 nitrogen and oxygen atoms in total. The summed E-state index contributed by atoms with van der Waals surface area (Å²) in [5, 5.41) is 12.9. The molecular weight excluding hydrogens is 448 g/mol. The number of nitrogens with one attached hydrogen (secondary N) is 1. The second-order valence-electron chi connectivity index (χ2n) is 7.76. The number of methoxy groups -OCH3 is 2. The van der Waals surface area contributed by atoms with Gasteiger partial charge in [0.15, 0.2) is 0 Å². The lowest BCUT2D eigenvalue weighted by Crippen LogP contribution is -2.41. The zero-order valence-electron chi connectivity index (χ0n) is 19.9. The number of hydrogen-bond donors (Lipinski definition) is 2. The van der Waals surface area contributed by atoms with Gasteiger partial charge in [-0.15, -0.1) is 0 Å². The maximum absolute atomic E-state index is 13.2. The van der Waals surface area contributed by atoms with Crippen LogP contribution in [0.4, 0.5) is 11.4 Å². The van der Waals surface area contributed by atoms with E-state index in [1.54, 1.807) is 55.5 Å². The Morgan fingerprint density at radius 1 is 1.09 bits per heavy atom. The summed E-state index contributed by atoms with van der Waals surface area (Å²) in [6.45, 7) is 3.52. The molecule has 1 heterocycles. The molecule has 1 aliphatic heterocycles. The molecule has 0 aromatic heterocycles. The van der Waals surface area contributed by atoms with Gasteiger partial charge >= 0.3 is 11.9 Å². The minimum Gasteiger partial charge on any atom is -0.466 e. The molecule has 35 heavy (non-hydrogen) atoms. The Hall–Kier alpha value is -4.58. The highest BCUT2D eigenvalue weighted by Gasteiger charge is 2.43. The average molecular weight is 475 g/mol. The van der Waals surface area contributed by atoms with Crippen molar-refractivity contribution in [1.82, 2.24) is 0 Å². The lowest BCUT2D eigenvalue weighted by molar-refractivity contribution is -0.139. The van der Waals surface area contributed by atoms with E-state index in [1.165, 1.54) is 19.1 Å². The first-order valence-corrected chi connectivity index (χ1v) is 10.8. The molecule has 9 heteroatoms. The van der Waals surface area contributed by atoms with Gasteiger partial charge in [0.25, 0.3) is 0 Å². The summed E-state index contributed by atoms with van der Waals surface area (Å²) in [5.74, 6) is -3.00. The van der Waals surface area contributed by atoms with E-state index in [-0.39, 0.29) is 35.0 Å². The quantitative estimate of drug-likeness (QED) is 0.609. The highest BCUT2D eigenvalue weighted by Crippen LogP contribution is 2.45. The molecule has 180 valence electrons. The van der Waals surface area contributed by atoms with Crippen molar-refractivity contribution in [1.29, 1.82) is 5.26 Å². The third-order valence-corrected chi connectivity index (χ3v) is 5.60. The number of hydrogen-bond acceptors (Lipinski definition) is 8. The average Bonchev–Trinajstić information content (AvgIpc) is 2.88. The summed E-state index contributed by atoms with van der Waals surface area (Å²) in [5.41, 5.74) is 8.26. The lowest BCUT2D eigenvalue weighted by atomic mass is 9.81. The van der Waals surface area contributed by atoms with E-state index >= 15 is 0 Å². The van der Waals surface area contributed by atoms with Crippen molar-refractivity contribution >= 4 is 29.2 Å². The van der Waals surface area contributed by atoms with Crippen LogP contribution in [-0.4, -0.2) is 32.1 Å². The van der Waals surface area contributed by atoms with Crippen molar-refractivity contribution < 1.29 is 23.9 Å². The number of nitriles is 1. The number of amides is 1. The minimum absolute atomic E-state index is 0.0403. The van der Waals surface area contributed by atoms with Crippen LogP contribution in [0.1, 0.15) is 30.4 Å². The van der Waals surface area contributed by atoms with Crippen LogP contribution in [0, 0.1) is 18.3 Å². The van der Waals surface area contributed by atoms with Crippen molar-refractivity contribution in [3.63, 3.8) is 0 Å². The maximum atomic E-state index is 13.2. The van der Waals surface area contributed by atoms with Crippen LogP contribution in [0.2, 0.25) is 0 Å². The standard InChI is InChI=1S/C26H26N4O5/c1-5-20(31)29-18-12-11-15(2)13-19(18)30-23(26(33)35-4)22(25(32)34-3)21(17(14-27)24(30)28)16-9-7-6-8-10-16/h6-13,21H,5,28H2,1-4H3,(H,29,31). The summed E-state index contributed by atoms with van der Waals surface area (Å²) in [6, 6.07) is 16.0. The topological polar surface area (TPSA) is 135 Å². The van der Waals surface area contributed by atoms with Crippen molar-refractivity contribution in [2.75, 3.05) is 24.4 Å². The molecule has 0 radical (unpaired) electrons. The van der Waals surface area contributed by atoms with Crippen LogP contribution in [0.3, 0.4) is 0 Å². The Morgan fingerprint density at radius 3 is 2.31 bits per heavy atom. The van der Waals surface area contributed by atoms with Gasteiger partial charge in [-0.3, -0.25) is 9.69 Å². The second-order valence-corrected chi connectivity index (χ2v) is 7.76. The Labute approximate surface area is 203 Å². The summed E-state index contributed by atoms with van der Waals surface area (Å²) < 4.78 is 10.1. The minimum atomic E-state index is -0.975. The summed E-state index contributed by atoms with van der Waals surface area (Å²) >= 11 is 0. The Morgan fingerprint density at radius 2 is 1.74 bits per heavy atom. The molecule has 0 saturated heterocycles. The van der Waals surface area contributed by atoms with Gasteiger partial charge in [0.1, 0.15) is 11.5 Å². The highest BCUT2D eigenvalue weighted by atomic mass is 16.5. The van der Waals surface area contributed by atoms with E-state index in [0.717, 1.165) is 5.56 Å². The number of rotatable bonds is 6. The van der Waals surface area contributed by atoms with E-state index < -0.39 is 17.9 Å². The van der Waals surface area contributed by atoms with Crippen LogP contribution in [0.15, 0.2) is 71.2 Å². The number of ether oxygens (including phenoxy) is 2. The first kappa shape index (κ1) is 25.1. The molecule has 1 unspecified atom stereocenters. The molecule has 3 N–H and O–H groups in total. The van der Waals surface area contributed by atoms with Crippen LogP contribution < -0.4 is 16.0 Å². The van der Waals surface area contributed by atoms with E-state index in [2.05, 4.69) is 11.4 Å². The van der Waals surface area contributed by atoms with Crippen LogP contribution in [0.25, 0.3) is 0 Å². The zero-order chi connectivity index (χ0) is 25.7. The van der Waals surface area contributed by atoms with Crippen molar-refractivity contribution in [2.45, 2.75) is 26.2 Å². The van der Waals surface area contributed by atoms with E-state index in [4.69, 9.17) is 15.2 Å². The number of anilines is 2. The first-order valence-electron chi connectivity index (χ1n) is 10.8. The fourth-order valence-electron chi connectivity index (χ4n) is 3.93. The van der Waals surface area contributed by atoms with Crippen LogP contribution in [0.5, 0.6) is 0 Å². The van der Waals surface area contributed by atoms with E-state index in [9.17, 15) is 19.6 Å². The molecule has 2 aromatic carbocycles. The van der Waals surface area contributed by atoms with Gasteiger partial charge in [-0.25, -0.2) is 9.59 Å². The van der Waals surface area contributed by atoms with Crippen LogP contribution in [-0.2, 0) is 23.9 Å². The van der Waals surface area contributed by atoms with Gasteiger partial charge in [0.2, 0.25) is 5.91 Å². The molecule has 0 fully saturated rings. The fraction of sp³-hybridized carbons (Fsp3) is 0.231. The molecule has 0 aliphatic carbocycles. The zero-order valence-corrected chi connectivity index (χ0v) is 19.9. The van der Waals surface area contributed by atoms with Gasteiger partial charge in [0, 0.05) is 6.42 Å². The number of esters is 2. The van der Waals surface area contributed by atoms with Gasteiger partial charge in [0.05, 0.1) is 48.7 Å². The molecule has 3 rings (SSSR count). The molecule has 1 atom stereocenters. The Kier molecular flexibility index (Phi) is 7.56. The Bertz CT molecular complexity index is 1270.